The van der Waals surface area contributed by atoms with Crippen molar-refractivity contribution in [3.05, 3.63) is 48.9 Å². The molecular formula is C20H24N4O. The lowest BCUT2D eigenvalue weighted by Crippen LogP contribution is -2.25. The average Bonchev–Trinajstić information content (AvgIpc) is 3.29. The van der Waals surface area contributed by atoms with Crippen molar-refractivity contribution in [1.82, 2.24) is 19.4 Å². The molecule has 0 aliphatic carbocycles. The van der Waals surface area contributed by atoms with Crippen molar-refractivity contribution >= 4 is 10.9 Å². The number of imidazole rings is 1. The molecule has 1 atom stereocenters. The second-order valence-electron chi connectivity index (χ2n) is 6.76. The smallest absolute Gasteiger partial charge is 0.139 e. The molecule has 5 nitrogen and oxygen atoms in total. The molecule has 1 aromatic carbocycles. The first-order valence-corrected chi connectivity index (χ1v) is 8.91. The van der Waals surface area contributed by atoms with Gasteiger partial charge in [0, 0.05) is 56.3 Å². The summed E-state index contributed by atoms with van der Waals surface area (Å²) in [7, 11) is 1.77. The molecule has 1 unspecified atom stereocenters. The first kappa shape index (κ1) is 16.2. The Morgan fingerprint density at radius 1 is 1.20 bits per heavy atom. The molecule has 25 heavy (non-hydrogen) atoms. The second-order valence-corrected chi connectivity index (χ2v) is 6.76. The molecule has 0 N–H and O–H groups in total. The van der Waals surface area contributed by atoms with Crippen LogP contribution in [0.15, 0.2) is 48.9 Å². The van der Waals surface area contributed by atoms with Gasteiger partial charge in [0.1, 0.15) is 5.82 Å². The Balaban J connectivity index is 1.50. The van der Waals surface area contributed by atoms with E-state index in [1.165, 1.54) is 13.0 Å². The first-order chi connectivity index (χ1) is 12.3. The van der Waals surface area contributed by atoms with Gasteiger partial charge in [-0.25, -0.2) is 4.98 Å². The molecule has 3 aromatic rings. The summed E-state index contributed by atoms with van der Waals surface area (Å²) in [4.78, 5) is 11.5. The number of hydrogen-bond acceptors (Lipinski definition) is 4. The summed E-state index contributed by atoms with van der Waals surface area (Å²) in [6.07, 6.45) is 7.07. The number of methoxy groups -OCH3 is 1. The summed E-state index contributed by atoms with van der Waals surface area (Å²) < 4.78 is 7.49. The summed E-state index contributed by atoms with van der Waals surface area (Å²) >= 11 is 0. The van der Waals surface area contributed by atoms with Crippen molar-refractivity contribution in [2.45, 2.75) is 13.0 Å². The van der Waals surface area contributed by atoms with Crippen molar-refractivity contribution in [3.63, 3.8) is 0 Å². The lowest BCUT2D eigenvalue weighted by molar-refractivity contribution is 0.158. The summed E-state index contributed by atoms with van der Waals surface area (Å²) in [5, 5.41) is 1.15. The molecule has 1 aliphatic rings. The predicted octanol–water partition coefficient (Wildman–Crippen LogP) is 3.07. The van der Waals surface area contributed by atoms with Crippen molar-refractivity contribution < 1.29 is 4.74 Å². The van der Waals surface area contributed by atoms with E-state index in [0.29, 0.717) is 5.92 Å². The van der Waals surface area contributed by atoms with Crippen LogP contribution in [0.2, 0.25) is 0 Å². The second kappa shape index (κ2) is 7.33. The van der Waals surface area contributed by atoms with Crippen LogP contribution in [0.5, 0.6) is 0 Å². The van der Waals surface area contributed by atoms with E-state index in [1.54, 1.807) is 7.11 Å². The molecule has 0 radical (unpaired) electrons. The number of ether oxygens (including phenoxy) is 1. The molecule has 130 valence electrons. The molecule has 5 heteroatoms. The zero-order valence-electron chi connectivity index (χ0n) is 14.6. The SMILES string of the molecule is COCCN1CCC(Cn2ccnc2-c2ccc3ncccc3c2)C1. The van der Waals surface area contributed by atoms with Gasteiger partial charge >= 0.3 is 0 Å². The maximum atomic E-state index is 5.19. The number of aromatic nitrogens is 3. The Hall–Kier alpha value is -2.24. The van der Waals surface area contributed by atoms with Gasteiger partial charge < -0.3 is 14.2 Å². The van der Waals surface area contributed by atoms with Crippen molar-refractivity contribution in [3.8, 4) is 11.4 Å². The van der Waals surface area contributed by atoms with E-state index in [0.717, 1.165) is 48.5 Å². The van der Waals surface area contributed by atoms with Gasteiger partial charge in [-0.2, -0.15) is 0 Å². The van der Waals surface area contributed by atoms with E-state index >= 15 is 0 Å². The zero-order chi connectivity index (χ0) is 17.1. The Morgan fingerprint density at radius 3 is 3.08 bits per heavy atom. The minimum absolute atomic E-state index is 0.673. The van der Waals surface area contributed by atoms with Gasteiger partial charge in [0.05, 0.1) is 12.1 Å². The highest BCUT2D eigenvalue weighted by atomic mass is 16.5. The molecule has 1 aliphatic heterocycles. The summed E-state index contributed by atoms with van der Waals surface area (Å²) in [6.45, 7) is 5.17. The van der Waals surface area contributed by atoms with Gasteiger partial charge in [0.15, 0.2) is 0 Å². The highest BCUT2D eigenvalue weighted by Gasteiger charge is 2.23. The number of pyridine rings is 1. The Kier molecular flexibility index (Phi) is 4.76. The highest BCUT2D eigenvalue weighted by molar-refractivity contribution is 5.83. The fourth-order valence-electron chi connectivity index (χ4n) is 3.70. The van der Waals surface area contributed by atoms with Crippen LogP contribution in [0.3, 0.4) is 0 Å². The van der Waals surface area contributed by atoms with E-state index in [2.05, 4.69) is 49.9 Å². The highest BCUT2D eigenvalue weighted by Crippen LogP contribution is 2.25. The van der Waals surface area contributed by atoms with Crippen molar-refractivity contribution in [1.29, 1.82) is 0 Å². The molecule has 4 rings (SSSR count). The third kappa shape index (κ3) is 3.57. The van der Waals surface area contributed by atoms with Crippen molar-refractivity contribution in [2.75, 3.05) is 33.4 Å². The normalized spacial score (nSPS) is 18.2. The van der Waals surface area contributed by atoms with E-state index < -0.39 is 0 Å². The molecule has 0 spiro atoms. The number of rotatable bonds is 6. The van der Waals surface area contributed by atoms with Gasteiger partial charge in [-0.1, -0.05) is 6.07 Å². The van der Waals surface area contributed by atoms with E-state index in [4.69, 9.17) is 4.74 Å². The largest absolute Gasteiger partial charge is 0.383 e. The number of hydrogen-bond donors (Lipinski definition) is 0. The Bertz CT molecular complexity index is 844. The Morgan fingerprint density at radius 2 is 2.16 bits per heavy atom. The molecular weight excluding hydrogens is 312 g/mol. The molecule has 0 bridgehead atoms. The topological polar surface area (TPSA) is 43.2 Å². The monoisotopic (exact) mass is 336 g/mol. The molecule has 0 amide bonds. The number of nitrogens with zero attached hydrogens (tertiary/aromatic N) is 4. The van der Waals surface area contributed by atoms with Crippen LogP contribution in [0, 0.1) is 5.92 Å². The zero-order valence-corrected chi connectivity index (χ0v) is 14.6. The molecule has 1 fully saturated rings. The number of benzene rings is 1. The maximum absolute atomic E-state index is 5.19. The third-order valence-corrected chi connectivity index (χ3v) is 5.01. The maximum Gasteiger partial charge on any atom is 0.139 e. The van der Waals surface area contributed by atoms with Gasteiger partial charge in [0.25, 0.3) is 0 Å². The number of fused-ring (bicyclic) bond motifs is 1. The molecule has 1 saturated heterocycles. The Labute approximate surface area is 148 Å². The minimum atomic E-state index is 0.673. The average molecular weight is 336 g/mol. The van der Waals surface area contributed by atoms with Gasteiger partial charge in [-0.15, -0.1) is 0 Å². The van der Waals surface area contributed by atoms with Gasteiger partial charge in [0.2, 0.25) is 0 Å². The third-order valence-electron chi connectivity index (χ3n) is 5.01. The lowest BCUT2D eigenvalue weighted by atomic mass is 10.1. The summed E-state index contributed by atoms with van der Waals surface area (Å²) in [5.41, 5.74) is 2.17. The van der Waals surface area contributed by atoms with Crippen LogP contribution in [0.4, 0.5) is 0 Å². The molecule has 2 aromatic heterocycles. The van der Waals surface area contributed by atoms with Crippen LogP contribution in [-0.4, -0.2) is 52.8 Å². The first-order valence-electron chi connectivity index (χ1n) is 8.91. The van der Waals surface area contributed by atoms with Crippen LogP contribution in [-0.2, 0) is 11.3 Å². The summed E-state index contributed by atoms with van der Waals surface area (Å²) in [6, 6.07) is 10.5. The van der Waals surface area contributed by atoms with E-state index in [-0.39, 0.29) is 0 Å². The predicted molar refractivity (Wildman–Crippen MR) is 99.4 cm³/mol. The van der Waals surface area contributed by atoms with E-state index in [9.17, 15) is 0 Å². The van der Waals surface area contributed by atoms with Crippen LogP contribution in [0.25, 0.3) is 22.3 Å². The standard InChI is InChI=1S/C20H24N4O/c1-25-12-11-23-9-6-16(14-23)15-24-10-8-22-20(24)18-4-5-19-17(13-18)3-2-7-21-19/h2-5,7-8,10,13,16H,6,9,11-12,14-15H2,1H3. The number of likely N-dealkylation sites (tertiary alicyclic amines) is 1. The van der Waals surface area contributed by atoms with Gasteiger partial charge in [-0.3, -0.25) is 4.98 Å². The quantitative estimate of drug-likeness (QED) is 0.694. The van der Waals surface area contributed by atoms with E-state index in [1.807, 2.05) is 18.5 Å². The summed E-state index contributed by atoms with van der Waals surface area (Å²) in [5.74, 6) is 1.72. The minimum Gasteiger partial charge on any atom is -0.383 e. The fourth-order valence-corrected chi connectivity index (χ4v) is 3.70. The van der Waals surface area contributed by atoms with Crippen LogP contribution >= 0.6 is 0 Å². The molecule has 0 saturated carbocycles. The van der Waals surface area contributed by atoms with Gasteiger partial charge in [-0.05, 0) is 43.1 Å². The van der Waals surface area contributed by atoms with Crippen LogP contribution < -0.4 is 0 Å². The van der Waals surface area contributed by atoms with Crippen molar-refractivity contribution in [2.24, 2.45) is 5.92 Å². The fraction of sp³-hybridized carbons (Fsp3) is 0.400. The lowest BCUT2D eigenvalue weighted by Gasteiger charge is -2.16. The van der Waals surface area contributed by atoms with Crippen LogP contribution in [0.1, 0.15) is 6.42 Å². The molecule has 3 heterocycles.